The number of carbonyl (C=O) groups is 4. The van der Waals surface area contributed by atoms with Crippen LogP contribution in [0.25, 0.3) is 0 Å². The third kappa shape index (κ3) is 3.97. The molecule has 0 radical (unpaired) electrons. The second-order valence-electron chi connectivity index (χ2n) is 4.74. The maximum Gasteiger partial charge on any atom is 0.404 e. The van der Waals surface area contributed by atoms with Gasteiger partial charge in [0.15, 0.2) is 0 Å². The summed E-state index contributed by atoms with van der Waals surface area (Å²) in [5.41, 5.74) is 0.212. The van der Waals surface area contributed by atoms with E-state index in [0.717, 1.165) is 0 Å². The van der Waals surface area contributed by atoms with E-state index in [2.05, 4.69) is 16.0 Å². The van der Waals surface area contributed by atoms with Crippen molar-refractivity contribution in [3.63, 3.8) is 0 Å². The van der Waals surface area contributed by atoms with Crippen LogP contribution in [0.1, 0.15) is 28.1 Å². The van der Waals surface area contributed by atoms with Crippen LogP contribution in [-0.4, -0.2) is 42.1 Å². The molecule has 10 heteroatoms. The Kier molecular flexibility index (Phi) is 5.16. The normalized spacial score (nSPS) is 17.3. The molecule has 0 aromatic carbocycles. The Morgan fingerprint density at radius 1 is 1.48 bits per heavy atom. The minimum Gasteiger partial charge on any atom is -0.495 e. The van der Waals surface area contributed by atoms with Crippen molar-refractivity contribution in [2.75, 3.05) is 7.11 Å². The fourth-order valence-electron chi connectivity index (χ4n) is 2.11. The number of methoxy groups -OCH3 is 1. The molecule has 1 aliphatic heterocycles. The second kappa shape index (κ2) is 7.09. The first kappa shape index (κ1) is 16.7. The summed E-state index contributed by atoms with van der Waals surface area (Å²) in [7, 11) is 1.37. The Hall–Kier alpha value is -2.62. The molecule has 0 bridgehead atoms. The maximum atomic E-state index is 12.3. The molecule has 23 heavy (non-hydrogen) atoms. The first-order valence-corrected chi connectivity index (χ1v) is 7.56. The monoisotopic (exact) mass is 341 g/mol. The minimum atomic E-state index is -1.19. The molecule has 1 unspecified atom stereocenters. The summed E-state index contributed by atoms with van der Waals surface area (Å²) in [4.78, 5) is 46.1. The molecular weight excluding hydrogens is 326 g/mol. The molecule has 1 fully saturated rings. The minimum absolute atomic E-state index is 0.00880. The highest BCUT2D eigenvalue weighted by Crippen LogP contribution is 2.30. The first-order chi connectivity index (χ1) is 10.9. The summed E-state index contributed by atoms with van der Waals surface area (Å²) in [5.74, 6) is -1.17. The number of carboxylic acid groups (broad SMARTS) is 1. The molecule has 0 spiro atoms. The molecule has 1 atom stereocenters. The van der Waals surface area contributed by atoms with Crippen molar-refractivity contribution in [1.82, 2.24) is 16.0 Å². The molecule has 1 saturated heterocycles. The highest BCUT2D eigenvalue weighted by molar-refractivity contribution is 7.10. The number of amides is 4. The average Bonchev–Trinajstić information content (AvgIpc) is 2.90. The Bertz CT molecular complexity index is 656. The summed E-state index contributed by atoms with van der Waals surface area (Å²) in [6.45, 7) is 0.00880. The highest BCUT2D eigenvalue weighted by atomic mass is 32.1. The highest BCUT2D eigenvalue weighted by Gasteiger charge is 2.29. The fraction of sp³-hybridized carbons (Fsp3) is 0.385. The lowest BCUT2D eigenvalue weighted by atomic mass is 10.1. The topological polar surface area (TPSA) is 134 Å². The smallest absolute Gasteiger partial charge is 0.404 e. The molecule has 2 heterocycles. The van der Waals surface area contributed by atoms with E-state index in [1.807, 2.05) is 0 Å². The van der Waals surface area contributed by atoms with Crippen LogP contribution in [0.3, 0.4) is 0 Å². The number of piperidine rings is 1. The summed E-state index contributed by atoms with van der Waals surface area (Å²) in [5, 5.41) is 17.0. The third-order valence-corrected chi connectivity index (χ3v) is 4.18. The Balaban J connectivity index is 2.08. The molecule has 2 rings (SSSR count). The number of rotatable bonds is 5. The van der Waals surface area contributed by atoms with Crippen LogP contribution in [-0.2, 0) is 16.1 Å². The lowest BCUT2D eigenvalue weighted by molar-refractivity contribution is -0.134. The zero-order valence-electron chi connectivity index (χ0n) is 12.2. The van der Waals surface area contributed by atoms with Crippen molar-refractivity contribution in [3.8, 4) is 5.75 Å². The van der Waals surface area contributed by atoms with Gasteiger partial charge in [0.2, 0.25) is 11.8 Å². The van der Waals surface area contributed by atoms with Gasteiger partial charge in [-0.25, -0.2) is 4.79 Å². The van der Waals surface area contributed by atoms with E-state index in [1.165, 1.54) is 23.8 Å². The van der Waals surface area contributed by atoms with Crippen molar-refractivity contribution in [3.05, 3.63) is 15.8 Å². The Labute approximate surface area is 135 Å². The zero-order valence-corrected chi connectivity index (χ0v) is 13.0. The fourth-order valence-corrected chi connectivity index (χ4v) is 3.04. The van der Waals surface area contributed by atoms with E-state index >= 15 is 0 Å². The van der Waals surface area contributed by atoms with Crippen molar-refractivity contribution in [2.24, 2.45) is 0 Å². The van der Waals surface area contributed by atoms with Gasteiger partial charge in [-0.3, -0.25) is 19.7 Å². The van der Waals surface area contributed by atoms with E-state index in [4.69, 9.17) is 9.84 Å². The number of hydrogen-bond donors (Lipinski definition) is 4. The molecule has 0 saturated carbocycles. The van der Waals surface area contributed by atoms with Crippen LogP contribution in [0.4, 0.5) is 4.79 Å². The number of ether oxygens (including phenoxy) is 1. The summed E-state index contributed by atoms with van der Waals surface area (Å²) in [6, 6.07) is -0.787. The lowest BCUT2D eigenvalue weighted by Crippen LogP contribution is -2.52. The van der Waals surface area contributed by atoms with Gasteiger partial charge >= 0.3 is 6.09 Å². The van der Waals surface area contributed by atoms with Gasteiger partial charge in [0.25, 0.3) is 5.91 Å². The van der Waals surface area contributed by atoms with Crippen LogP contribution in [0.5, 0.6) is 5.75 Å². The Morgan fingerprint density at radius 2 is 2.22 bits per heavy atom. The summed E-state index contributed by atoms with van der Waals surface area (Å²) >= 11 is 1.17. The molecule has 4 amide bonds. The third-order valence-electron chi connectivity index (χ3n) is 3.21. The lowest BCUT2D eigenvalue weighted by Gasteiger charge is -2.21. The van der Waals surface area contributed by atoms with Gasteiger partial charge in [0, 0.05) is 11.8 Å². The van der Waals surface area contributed by atoms with Gasteiger partial charge in [-0.05, 0) is 6.42 Å². The molecule has 1 aliphatic rings. The van der Waals surface area contributed by atoms with Gasteiger partial charge in [-0.15, -0.1) is 11.3 Å². The predicted molar refractivity (Wildman–Crippen MR) is 79.4 cm³/mol. The molecule has 0 aliphatic carbocycles. The van der Waals surface area contributed by atoms with Crippen LogP contribution >= 0.6 is 11.3 Å². The van der Waals surface area contributed by atoms with Crippen LogP contribution < -0.4 is 20.7 Å². The van der Waals surface area contributed by atoms with Gasteiger partial charge in [-0.2, -0.15) is 0 Å². The largest absolute Gasteiger partial charge is 0.495 e. The molecular formula is C13H15N3O6S. The Morgan fingerprint density at radius 3 is 2.83 bits per heavy atom. The van der Waals surface area contributed by atoms with Gasteiger partial charge < -0.3 is 20.5 Å². The van der Waals surface area contributed by atoms with Gasteiger partial charge in [0.1, 0.15) is 11.8 Å². The van der Waals surface area contributed by atoms with Crippen molar-refractivity contribution in [2.45, 2.75) is 25.4 Å². The molecule has 1 aromatic heterocycles. The number of imide groups is 1. The summed E-state index contributed by atoms with van der Waals surface area (Å²) < 4.78 is 5.16. The van der Waals surface area contributed by atoms with Crippen molar-refractivity contribution in [1.29, 1.82) is 0 Å². The number of hydrogen-bond acceptors (Lipinski definition) is 6. The van der Waals surface area contributed by atoms with E-state index in [9.17, 15) is 19.2 Å². The number of carbonyl (C=O) groups excluding carboxylic acids is 3. The van der Waals surface area contributed by atoms with Crippen molar-refractivity contribution < 1.29 is 29.0 Å². The van der Waals surface area contributed by atoms with Gasteiger partial charge in [0.05, 0.1) is 24.1 Å². The zero-order chi connectivity index (χ0) is 17.0. The molecule has 124 valence electrons. The quantitative estimate of drug-likeness (QED) is 0.560. The van der Waals surface area contributed by atoms with Crippen LogP contribution in [0.15, 0.2) is 5.38 Å². The average molecular weight is 341 g/mol. The van der Waals surface area contributed by atoms with E-state index in [0.29, 0.717) is 4.88 Å². The standard InChI is InChI=1S/C13H15N3O6S/c1-22-10-6(5-23-8(10)4-14-13(20)21)11(18)15-7-2-3-9(17)16-12(7)19/h5,7,14H,2-4H2,1H3,(H,15,18)(H,20,21)(H,16,17,19). The predicted octanol–water partition coefficient (Wildman–Crippen LogP) is 0.0593. The maximum absolute atomic E-state index is 12.3. The molecule has 4 N–H and O–H groups in total. The van der Waals surface area contributed by atoms with Crippen LogP contribution in [0.2, 0.25) is 0 Å². The second-order valence-corrected chi connectivity index (χ2v) is 5.71. The van der Waals surface area contributed by atoms with Crippen molar-refractivity contribution >= 4 is 35.2 Å². The summed E-state index contributed by atoms with van der Waals surface area (Å²) in [6.07, 6.45) is -0.795. The van der Waals surface area contributed by atoms with E-state index in [1.54, 1.807) is 0 Å². The van der Waals surface area contributed by atoms with E-state index in [-0.39, 0.29) is 36.6 Å². The number of nitrogens with one attached hydrogen (secondary N) is 3. The van der Waals surface area contributed by atoms with Gasteiger partial charge in [-0.1, -0.05) is 0 Å². The number of thiophene rings is 1. The molecule has 1 aromatic rings. The van der Waals surface area contributed by atoms with Crippen LogP contribution in [0, 0.1) is 0 Å². The SMILES string of the molecule is COc1c(C(=O)NC2CCC(=O)NC2=O)csc1CNC(=O)O. The first-order valence-electron chi connectivity index (χ1n) is 6.68. The molecule has 9 nitrogen and oxygen atoms in total. The van der Waals surface area contributed by atoms with E-state index < -0.39 is 23.9 Å².